The fraction of sp³-hybridized carbons (Fsp3) is 0.267. The van der Waals surface area contributed by atoms with Gasteiger partial charge in [0, 0.05) is 24.5 Å². The third-order valence-corrected chi connectivity index (χ3v) is 4.59. The Morgan fingerprint density at radius 3 is 2.87 bits per heavy atom. The topological polar surface area (TPSA) is 75.4 Å². The number of carbonyl (C=O) groups is 2. The third kappa shape index (κ3) is 4.27. The highest BCUT2D eigenvalue weighted by Gasteiger charge is 2.15. The van der Waals surface area contributed by atoms with Crippen LogP contribution in [0.15, 0.2) is 35.7 Å². The molecule has 0 bridgehead atoms. The van der Waals surface area contributed by atoms with E-state index in [1.165, 1.54) is 23.7 Å². The molecule has 2 rings (SSSR count). The van der Waals surface area contributed by atoms with Crippen molar-refractivity contribution < 1.29 is 14.7 Å². The van der Waals surface area contributed by atoms with E-state index < -0.39 is 5.97 Å². The Labute approximate surface area is 143 Å². The number of carboxylic acid groups (broad SMARTS) is 1. The molecule has 2 aromatic rings. The van der Waals surface area contributed by atoms with Crippen LogP contribution in [0.1, 0.15) is 5.56 Å². The van der Waals surface area contributed by atoms with E-state index in [-0.39, 0.29) is 18.2 Å². The molecule has 0 aliphatic heterocycles. The van der Waals surface area contributed by atoms with Crippen molar-refractivity contribution in [3.8, 4) is 5.69 Å². The van der Waals surface area contributed by atoms with Crippen molar-refractivity contribution in [2.24, 2.45) is 0 Å². The van der Waals surface area contributed by atoms with Gasteiger partial charge in [0.2, 0.25) is 5.91 Å². The summed E-state index contributed by atoms with van der Waals surface area (Å²) in [7, 11) is 1.46. The monoisotopic (exact) mass is 353 g/mol. The summed E-state index contributed by atoms with van der Waals surface area (Å²) in [5.41, 5.74) is 1.81. The van der Waals surface area contributed by atoms with Gasteiger partial charge in [0.1, 0.15) is 6.54 Å². The number of aromatic nitrogens is 2. The van der Waals surface area contributed by atoms with E-state index in [0.717, 1.165) is 11.3 Å². The molecule has 1 amide bonds. The van der Waals surface area contributed by atoms with Crippen LogP contribution in [-0.2, 0) is 9.59 Å². The highest BCUT2D eigenvalue weighted by molar-refractivity contribution is 7.99. The van der Waals surface area contributed by atoms with Gasteiger partial charge < -0.3 is 10.0 Å². The van der Waals surface area contributed by atoms with Crippen LogP contribution in [0.5, 0.6) is 0 Å². The summed E-state index contributed by atoms with van der Waals surface area (Å²) in [5.74, 6) is -1.20. The summed E-state index contributed by atoms with van der Waals surface area (Å²) in [6.45, 7) is 1.60. The minimum Gasteiger partial charge on any atom is -0.480 e. The van der Waals surface area contributed by atoms with Crippen LogP contribution < -0.4 is 0 Å². The SMILES string of the molecule is Cc1c(Cl)cccc1-n1ccnc1SCC(=O)N(C)CC(=O)O. The number of hydrogen-bond acceptors (Lipinski definition) is 4. The van der Waals surface area contributed by atoms with Crippen molar-refractivity contribution >= 4 is 35.2 Å². The summed E-state index contributed by atoms with van der Waals surface area (Å²) in [5, 5.41) is 10.0. The number of aliphatic carboxylic acids is 1. The Hall–Kier alpha value is -1.99. The Bertz CT molecular complexity index is 733. The largest absolute Gasteiger partial charge is 0.480 e. The van der Waals surface area contributed by atoms with Gasteiger partial charge in [-0.1, -0.05) is 29.4 Å². The number of carboxylic acids is 1. The van der Waals surface area contributed by atoms with Crippen molar-refractivity contribution in [3.05, 3.63) is 41.2 Å². The van der Waals surface area contributed by atoms with Gasteiger partial charge in [-0.2, -0.15) is 0 Å². The molecule has 1 aromatic carbocycles. The highest BCUT2D eigenvalue weighted by atomic mass is 35.5. The van der Waals surface area contributed by atoms with Crippen molar-refractivity contribution in [2.45, 2.75) is 12.1 Å². The lowest BCUT2D eigenvalue weighted by Gasteiger charge is -2.15. The van der Waals surface area contributed by atoms with Crippen LogP contribution in [0.3, 0.4) is 0 Å². The number of halogens is 1. The van der Waals surface area contributed by atoms with Crippen LogP contribution >= 0.6 is 23.4 Å². The second-order valence-electron chi connectivity index (χ2n) is 4.90. The van der Waals surface area contributed by atoms with Gasteiger partial charge in [-0.25, -0.2) is 4.98 Å². The normalized spacial score (nSPS) is 10.6. The first kappa shape index (κ1) is 17.4. The van der Waals surface area contributed by atoms with Gasteiger partial charge in [0.15, 0.2) is 5.16 Å². The lowest BCUT2D eigenvalue weighted by molar-refractivity contribution is -0.142. The second kappa shape index (κ2) is 7.52. The molecule has 1 heterocycles. The summed E-state index contributed by atoms with van der Waals surface area (Å²) in [6.07, 6.45) is 3.44. The number of thioether (sulfide) groups is 1. The standard InChI is InChI=1S/C15H16ClN3O3S/c1-10-11(16)4-3-5-12(10)19-7-6-17-15(19)23-9-13(20)18(2)8-14(21)22/h3-7H,8-9H2,1-2H3,(H,21,22). The van der Waals surface area contributed by atoms with Gasteiger partial charge >= 0.3 is 5.97 Å². The van der Waals surface area contributed by atoms with Crippen molar-refractivity contribution in [1.29, 1.82) is 0 Å². The molecule has 0 radical (unpaired) electrons. The van der Waals surface area contributed by atoms with Crippen LogP contribution in [0.4, 0.5) is 0 Å². The summed E-state index contributed by atoms with van der Waals surface area (Å²) < 4.78 is 1.86. The molecule has 23 heavy (non-hydrogen) atoms. The van der Waals surface area contributed by atoms with Crippen LogP contribution in [0.25, 0.3) is 5.69 Å². The smallest absolute Gasteiger partial charge is 0.323 e. The molecule has 8 heteroatoms. The number of rotatable bonds is 6. The molecule has 0 saturated carbocycles. The molecule has 0 atom stereocenters. The lowest BCUT2D eigenvalue weighted by atomic mass is 10.2. The Morgan fingerprint density at radius 1 is 1.43 bits per heavy atom. The van der Waals surface area contributed by atoms with E-state index in [4.69, 9.17) is 16.7 Å². The number of imidazole rings is 1. The summed E-state index contributed by atoms with van der Waals surface area (Å²) >= 11 is 7.39. The maximum atomic E-state index is 11.9. The minimum absolute atomic E-state index is 0.112. The van der Waals surface area contributed by atoms with Gasteiger partial charge in [-0.3, -0.25) is 14.2 Å². The molecular weight excluding hydrogens is 338 g/mol. The molecule has 0 saturated heterocycles. The molecule has 1 N–H and O–H groups in total. The Morgan fingerprint density at radius 2 is 2.17 bits per heavy atom. The van der Waals surface area contributed by atoms with Gasteiger partial charge in [0.25, 0.3) is 0 Å². The molecule has 0 spiro atoms. The number of likely N-dealkylation sites (N-methyl/N-ethyl adjacent to an activating group) is 1. The molecule has 0 unspecified atom stereocenters. The lowest BCUT2D eigenvalue weighted by Crippen LogP contribution is -2.33. The third-order valence-electron chi connectivity index (χ3n) is 3.23. The summed E-state index contributed by atoms with van der Waals surface area (Å²) in [6, 6.07) is 5.59. The maximum absolute atomic E-state index is 11.9. The maximum Gasteiger partial charge on any atom is 0.323 e. The number of hydrogen-bond donors (Lipinski definition) is 1. The Balaban J connectivity index is 2.12. The van der Waals surface area contributed by atoms with Crippen molar-refractivity contribution in [1.82, 2.24) is 14.5 Å². The van der Waals surface area contributed by atoms with Crippen molar-refractivity contribution in [2.75, 3.05) is 19.3 Å². The average molecular weight is 354 g/mol. The number of nitrogens with zero attached hydrogens (tertiary/aromatic N) is 3. The average Bonchev–Trinajstić information content (AvgIpc) is 2.95. The van der Waals surface area contributed by atoms with Crippen LogP contribution in [0.2, 0.25) is 5.02 Å². The van der Waals surface area contributed by atoms with Crippen LogP contribution in [-0.4, -0.2) is 50.8 Å². The molecule has 0 aliphatic rings. The highest BCUT2D eigenvalue weighted by Crippen LogP contribution is 2.26. The fourth-order valence-corrected chi connectivity index (χ4v) is 3.04. The number of carbonyl (C=O) groups excluding carboxylic acids is 1. The van der Waals surface area contributed by atoms with Gasteiger partial charge in [-0.05, 0) is 24.6 Å². The minimum atomic E-state index is -1.04. The first-order valence-electron chi connectivity index (χ1n) is 6.77. The number of amides is 1. The molecule has 0 fully saturated rings. The second-order valence-corrected chi connectivity index (χ2v) is 6.25. The van der Waals surface area contributed by atoms with E-state index in [1.54, 1.807) is 12.4 Å². The first-order chi connectivity index (χ1) is 10.9. The van der Waals surface area contributed by atoms with Crippen molar-refractivity contribution in [3.63, 3.8) is 0 Å². The Kier molecular flexibility index (Phi) is 5.68. The van der Waals surface area contributed by atoms with E-state index in [2.05, 4.69) is 4.98 Å². The first-order valence-corrected chi connectivity index (χ1v) is 8.14. The molecule has 122 valence electrons. The van der Waals surface area contributed by atoms with E-state index in [9.17, 15) is 9.59 Å². The quantitative estimate of drug-likeness (QED) is 0.807. The zero-order chi connectivity index (χ0) is 17.0. The molecular formula is C15H16ClN3O3S. The van der Waals surface area contributed by atoms with E-state index >= 15 is 0 Å². The van der Waals surface area contributed by atoms with Crippen LogP contribution in [0, 0.1) is 6.92 Å². The predicted octanol–water partition coefficient (Wildman–Crippen LogP) is 2.47. The number of benzene rings is 1. The van der Waals surface area contributed by atoms with Gasteiger partial charge in [-0.15, -0.1) is 0 Å². The van der Waals surface area contributed by atoms with E-state index in [0.29, 0.717) is 10.2 Å². The fourth-order valence-electron chi connectivity index (χ4n) is 1.96. The zero-order valence-electron chi connectivity index (χ0n) is 12.7. The van der Waals surface area contributed by atoms with E-state index in [1.807, 2.05) is 29.7 Å². The summed E-state index contributed by atoms with van der Waals surface area (Å²) in [4.78, 5) is 28.0. The van der Waals surface area contributed by atoms with Gasteiger partial charge in [0.05, 0.1) is 11.4 Å². The molecule has 0 aliphatic carbocycles. The molecule has 1 aromatic heterocycles. The predicted molar refractivity (Wildman–Crippen MR) is 89.3 cm³/mol. The zero-order valence-corrected chi connectivity index (χ0v) is 14.3. The molecule has 6 nitrogen and oxygen atoms in total.